The van der Waals surface area contributed by atoms with Crippen LogP contribution in [0.2, 0.25) is 0 Å². The Labute approximate surface area is 173 Å². The zero-order valence-corrected chi connectivity index (χ0v) is 17.4. The minimum Gasteiger partial charge on any atom is -0.346 e. The summed E-state index contributed by atoms with van der Waals surface area (Å²) < 4.78 is 1.94. The van der Waals surface area contributed by atoms with E-state index in [0.717, 1.165) is 59.3 Å². The topological polar surface area (TPSA) is 88.8 Å². The molecule has 1 unspecified atom stereocenters. The van der Waals surface area contributed by atoms with Gasteiger partial charge in [0.25, 0.3) is 5.91 Å². The number of amides is 1. The summed E-state index contributed by atoms with van der Waals surface area (Å²) in [7, 11) is 0. The molecule has 5 rings (SSSR count). The molecule has 0 radical (unpaired) electrons. The molecule has 3 aromatic heterocycles. The first-order valence-corrected chi connectivity index (χ1v) is 10.8. The van der Waals surface area contributed by atoms with Crippen molar-refractivity contribution in [1.82, 2.24) is 30.0 Å². The maximum atomic E-state index is 12.6. The Bertz CT molecular complexity index is 1050. The van der Waals surface area contributed by atoms with Gasteiger partial charge in [-0.25, -0.2) is 15.0 Å². The summed E-state index contributed by atoms with van der Waals surface area (Å²) in [6.45, 7) is 6.43. The lowest BCUT2D eigenvalue weighted by atomic mass is 10.2. The second-order valence-electron chi connectivity index (χ2n) is 7.64. The van der Waals surface area contributed by atoms with Crippen molar-refractivity contribution >= 4 is 23.2 Å². The van der Waals surface area contributed by atoms with Gasteiger partial charge in [-0.1, -0.05) is 0 Å². The highest BCUT2D eigenvalue weighted by Crippen LogP contribution is 2.29. The summed E-state index contributed by atoms with van der Waals surface area (Å²) in [6.07, 6.45) is 4.78. The van der Waals surface area contributed by atoms with Crippen molar-refractivity contribution < 1.29 is 4.79 Å². The van der Waals surface area contributed by atoms with Gasteiger partial charge in [-0.3, -0.25) is 9.48 Å². The fraction of sp³-hybridized carbons (Fsp3) is 0.450. The number of fused-ring (bicyclic) bond motifs is 1. The van der Waals surface area contributed by atoms with Crippen LogP contribution >= 0.6 is 11.3 Å². The van der Waals surface area contributed by atoms with E-state index in [-0.39, 0.29) is 11.9 Å². The average Bonchev–Trinajstić information content (AvgIpc) is 3.45. The van der Waals surface area contributed by atoms with Gasteiger partial charge in [0.05, 0.1) is 21.3 Å². The monoisotopic (exact) mass is 409 g/mol. The summed E-state index contributed by atoms with van der Waals surface area (Å²) in [5.41, 5.74) is 3.57. The maximum Gasteiger partial charge on any atom is 0.272 e. The van der Waals surface area contributed by atoms with Gasteiger partial charge in [0, 0.05) is 37.6 Å². The zero-order valence-electron chi connectivity index (χ0n) is 16.6. The molecule has 1 N–H and O–H groups in total. The highest BCUT2D eigenvalue weighted by Gasteiger charge is 2.27. The molecule has 9 heteroatoms. The molecule has 150 valence electrons. The van der Waals surface area contributed by atoms with Crippen LogP contribution in [0, 0.1) is 13.8 Å². The minimum atomic E-state index is -0.0934. The van der Waals surface area contributed by atoms with E-state index < -0.39 is 0 Å². The lowest BCUT2D eigenvalue weighted by Gasteiger charge is -2.17. The molecule has 0 aliphatic carbocycles. The van der Waals surface area contributed by atoms with Crippen LogP contribution in [0.25, 0.3) is 10.6 Å². The van der Waals surface area contributed by atoms with Crippen LogP contribution in [0.15, 0.2) is 18.3 Å². The Balaban J connectivity index is 1.26. The number of carbonyl (C=O) groups is 1. The number of thiazole rings is 1. The summed E-state index contributed by atoms with van der Waals surface area (Å²) in [5.74, 6) is 0.606. The Kier molecular flexibility index (Phi) is 4.54. The second-order valence-corrected chi connectivity index (χ2v) is 8.85. The summed E-state index contributed by atoms with van der Waals surface area (Å²) in [5, 5.41) is 8.58. The lowest BCUT2D eigenvalue weighted by Crippen LogP contribution is -2.37. The highest BCUT2D eigenvalue weighted by molar-refractivity contribution is 7.15. The van der Waals surface area contributed by atoms with Gasteiger partial charge >= 0.3 is 0 Å². The van der Waals surface area contributed by atoms with E-state index in [1.807, 2.05) is 30.7 Å². The lowest BCUT2D eigenvalue weighted by molar-refractivity contribution is 0.0934. The van der Waals surface area contributed by atoms with Crippen LogP contribution in [0.5, 0.6) is 0 Å². The van der Waals surface area contributed by atoms with E-state index in [2.05, 4.69) is 25.3 Å². The van der Waals surface area contributed by atoms with Gasteiger partial charge in [-0.05, 0) is 45.2 Å². The number of aryl methyl sites for hydroxylation is 4. The summed E-state index contributed by atoms with van der Waals surface area (Å²) in [4.78, 5) is 29.5. The van der Waals surface area contributed by atoms with E-state index in [4.69, 9.17) is 4.98 Å². The average molecular weight is 410 g/mol. The predicted octanol–water partition coefficient (Wildman–Crippen LogP) is 2.37. The van der Waals surface area contributed by atoms with E-state index in [1.54, 1.807) is 17.5 Å². The molecule has 1 fully saturated rings. The summed E-state index contributed by atoms with van der Waals surface area (Å²) in [6, 6.07) is 3.91. The molecule has 0 aromatic carbocycles. The molecule has 5 heterocycles. The third-order valence-corrected chi connectivity index (χ3v) is 6.58. The van der Waals surface area contributed by atoms with E-state index in [1.165, 1.54) is 0 Å². The van der Waals surface area contributed by atoms with Crippen molar-refractivity contribution in [2.75, 3.05) is 18.0 Å². The fourth-order valence-electron chi connectivity index (χ4n) is 4.09. The molecule has 2 aliphatic heterocycles. The predicted molar refractivity (Wildman–Crippen MR) is 111 cm³/mol. The quantitative estimate of drug-likeness (QED) is 0.712. The van der Waals surface area contributed by atoms with E-state index >= 15 is 0 Å². The molecule has 3 aromatic rings. The van der Waals surface area contributed by atoms with Gasteiger partial charge in [-0.15, -0.1) is 11.3 Å². The SMILES string of the molecule is Cc1nc(C)c(-c2ccnc(N3CCC(NC(=O)c4cc5n(n4)CCC5)C3)n2)s1. The van der Waals surface area contributed by atoms with Gasteiger partial charge in [0.15, 0.2) is 0 Å². The van der Waals surface area contributed by atoms with Crippen molar-refractivity contribution in [3.8, 4) is 10.6 Å². The summed E-state index contributed by atoms with van der Waals surface area (Å²) >= 11 is 1.65. The van der Waals surface area contributed by atoms with Crippen molar-refractivity contribution in [2.45, 2.75) is 45.7 Å². The van der Waals surface area contributed by atoms with Crippen molar-refractivity contribution in [3.05, 3.63) is 40.4 Å². The number of anilines is 1. The van der Waals surface area contributed by atoms with Gasteiger partial charge < -0.3 is 10.2 Å². The van der Waals surface area contributed by atoms with Gasteiger partial charge in [-0.2, -0.15) is 5.10 Å². The van der Waals surface area contributed by atoms with Gasteiger partial charge in [0.2, 0.25) is 5.95 Å². The molecule has 2 aliphatic rings. The maximum absolute atomic E-state index is 12.6. The van der Waals surface area contributed by atoms with E-state index in [9.17, 15) is 4.79 Å². The highest BCUT2D eigenvalue weighted by atomic mass is 32.1. The van der Waals surface area contributed by atoms with E-state index in [0.29, 0.717) is 18.2 Å². The molecule has 1 atom stereocenters. The number of nitrogens with one attached hydrogen (secondary N) is 1. The van der Waals surface area contributed by atoms with Crippen LogP contribution in [-0.4, -0.2) is 49.8 Å². The first-order valence-electron chi connectivity index (χ1n) is 9.97. The Morgan fingerprint density at radius 1 is 1.28 bits per heavy atom. The van der Waals surface area contributed by atoms with Gasteiger partial charge in [0.1, 0.15) is 5.69 Å². The molecule has 0 bridgehead atoms. The third-order valence-electron chi connectivity index (χ3n) is 5.48. The molecule has 0 spiro atoms. The molecular formula is C20H23N7OS. The first-order chi connectivity index (χ1) is 14.1. The fourth-order valence-corrected chi connectivity index (χ4v) is 4.98. The number of nitrogens with zero attached hydrogens (tertiary/aromatic N) is 6. The number of hydrogen-bond donors (Lipinski definition) is 1. The molecular weight excluding hydrogens is 386 g/mol. The van der Waals surface area contributed by atoms with Crippen molar-refractivity contribution in [1.29, 1.82) is 0 Å². The minimum absolute atomic E-state index is 0.0682. The second kappa shape index (κ2) is 7.22. The first kappa shape index (κ1) is 18.2. The number of aromatic nitrogens is 5. The van der Waals surface area contributed by atoms with Crippen LogP contribution in [0.3, 0.4) is 0 Å². The number of rotatable bonds is 4. The number of hydrogen-bond acceptors (Lipinski definition) is 7. The molecule has 8 nitrogen and oxygen atoms in total. The largest absolute Gasteiger partial charge is 0.346 e. The smallest absolute Gasteiger partial charge is 0.272 e. The Morgan fingerprint density at radius 2 is 2.17 bits per heavy atom. The molecule has 0 saturated carbocycles. The normalized spacial score (nSPS) is 18.3. The van der Waals surface area contributed by atoms with Crippen LogP contribution < -0.4 is 10.2 Å². The zero-order chi connectivity index (χ0) is 20.0. The molecule has 1 amide bonds. The van der Waals surface area contributed by atoms with Crippen LogP contribution in [-0.2, 0) is 13.0 Å². The van der Waals surface area contributed by atoms with Crippen molar-refractivity contribution in [2.24, 2.45) is 0 Å². The molecule has 1 saturated heterocycles. The van der Waals surface area contributed by atoms with Crippen molar-refractivity contribution in [3.63, 3.8) is 0 Å². The number of carbonyl (C=O) groups excluding carboxylic acids is 1. The Hall–Kier alpha value is -2.81. The Morgan fingerprint density at radius 3 is 2.97 bits per heavy atom. The standard InChI is InChI=1S/C20H23N7OS/c1-12-18(29-13(2)22-12)16-5-7-21-20(24-16)26-9-6-14(11-26)23-19(28)17-10-15-4-3-8-27(15)25-17/h5,7,10,14H,3-4,6,8-9,11H2,1-2H3,(H,23,28). The molecule has 29 heavy (non-hydrogen) atoms. The third kappa shape index (κ3) is 3.50. The van der Waals surface area contributed by atoms with Crippen LogP contribution in [0.1, 0.15) is 39.7 Å². The van der Waals surface area contributed by atoms with Crippen LogP contribution in [0.4, 0.5) is 5.95 Å².